The van der Waals surface area contributed by atoms with Crippen molar-refractivity contribution in [1.82, 2.24) is 10.2 Å². The van der Waals surface area contributed by atoms with Gasteiger partial charge < -0.3 is 24.8 Å². The Labute approximate surface area is 129 Å². The van der Waals surface area contributed by atoms with Crippen LogP contribution >= 0.6 is 0 Å². The number of nitrogens with one attached hydrogen (secondary N) is 1. The Kier molecular flexibility index (Phi) is 4.27. The molecule has 0 spiro atoms. The summed E-state index contributed by atoms with van der Waals surface area (Å²) < 4.78 is 10.9. The number of rotatable bonds is 4. The molecule has 0 unspecified atom stereocenters. The predicted octanol–water partition coefficient (Wildman–Crippen LogP) is 0.687. The van der Waals surface area contributed by atoms with Gasteiger partial charge in [0.15, 0.2) is 0 Å². The number of carbonyl (C=O) groups is 2. The van der Waals surface area contributed by atoms with Crippen LogP contribution in [-0.4, -0.2) is 67.1 Å². The minimum Gasteiger partial charge on any atom is -0.481 e. The van der Waals surface area contributed by atoms with E-state index in [4.69, 9.17) is 9.47 Å². The fraction of sp³-hybridized carbons (Fsp3) is 0.867. The summed E-state index contributed by atoms with van der Waals surface area (Å²) in [6.45, 7) is 4.26. The number of amides is 2. The van der Waals surface area contributed by atoms with E-state index in [0.717, 1.165) is 12.8 Å². The zero-order valence-electron chi connectivity index (χ0n) is 12.9. The van der Waals surface area contributed by atoms with Gasteiger partial charge in [-0.15, -0.1) is 0 Å². The van der Waals surface area contributed by atoms with Crippen molar-refractivity contribution in [3.63, 3.8) is 0 Å². The Balaban J connectivity index is 1.61. The van der Waals surface area contributed by atoms with E-state index in [1.165, 1.54) is 0 Å². The lowest BCUT2D eigenvalue weighted by Crippen LogP contribution is -2.49. The third kappa shape index (κ3) is 2.56. The lowest BCUT2D eigenvalue weighted by Gasteiger charge is -2.25. The number of nitrogens with zero attached hydrogens (tertiary/aromatic N) is 1. The van der Waals surface area contributed by atoms with Crippen molar-refractivity contribution in [3.05, 3.63) is 0 Å². The summed E-state index contributed by atoms with van der Waals surface area (Å²) in [6.07, 6.45) is 2.38. The molecule has 1 aliphatic carbocycles. The summed E-state index contributed by atoms with van der Waals surface area (Å²) in [5.74, 6) is -0.681. The number of hydrogen-bond donors (Lipinski definition) is 2. The monoisotopic (exact) mass is 312 g/mol. The maximum absolute atomic E-state index is 12.5. The van der Waals surface area contributed by atoms with Crippen LogP contribution in [0.3, 0.4) is 0 Å². The zero-order valence-corrected chi connectivity index (χ0v) is 12.9. The van der Waals surface area contributed by atoms with Crippen molar-refractivity contribution in [1.29, 1.82) is 0 Å². The molecule has 7 nitrogen and oxygen atoms in total. The van der Waals surface area contributed by atoms with Crippen LogP contribution < -0.4 is 5.32 Å². The summed E-state index contributed by atoms with van der Waals surface area (Å²) in [6, 6.07) is -0.358. The maximum atomic E-state index is 12.5. The molecule has 124 valence electrons. The number of aliphatic carboxylic acids is 1. The van der Waals surface area contributed by atoms with Gasteiger partial charge in [-0.1, -0.05) is 6.42 Å². The molecular formula is C15H24N2O5. The van der Waals surface area contributed by atoms with E-state index in [1.807, 2.05) is 6.92 Å². The van der Waals surface area contributed by atoms with Crippen molar-refractivity contribution in [2.24, 2.45) is 11.3 Å². The van der Waals surface area contributed by atoms with E-state index in [-0.39, 0.29) is 24.1 Å². The number of likely N-dealkylation sites (tertiary alicyclic amines) is 1. The Morgan fingerprint density at radius 1 is 1.45 bits per heavy atom. The van der Waals surface area contributed by atoms with Gasteiger partial charge in [-0.05, 0) is 25.7 Å². The van der Waals surface area contributed by atoms with Crippen LogP contribution in [0.1, 0.15) is 26.2 Å². The van der Waals surface area contributed by atoms with Crippen molar-refractivity contribution in [2.45, 2.75) is 38.3 Å². The summed E-state index contributed by atoms with van der Waals surface area (Å²) in [4.78, 5) is 25.8. The summed E-state index contributed by atoms with van der Waals surface area (Å²) in [7, 11) is 0. The standard InChI is InChI=1S/C15H24N2O5/c1-2-22-12-8-21-7-11(12)16-14(20)17-6-10-4-3-5-15(10,9-17)13(18)19/h10-12H,2-9H2,1H3,(H,16,20)(H,18,19)/t10-,11+,12+,15+/m0/s1. The SMILES string of the molecule is CCO[C@@H]1COC[C@H]1NC(=O)N1C[C@@H]2CCC[C@@]2(C(=O)O)C1. The molecule has 3 aliphatic rings. The van der Waals surface area contributed by atoms with Gasteiger partial charge in [0.2, 0.25) is 0 Å². The third-order valence-corrected chi connectivity index (χ3v) is 5.30. The van der Waals surface area contributed by atoms with Gasteiger partial charge in [-0.2, -0.15) is 0 Å². The fourth-order valence-corrected chi connectivity index (χ4v) is 4.09. The first-order chi connectivity index (χ1) is 10.6. The highest BCUT2D eigenvalue weighted by molar-refractivity contribution is 5.80. The number of ether oxygens (including phenoxy) is 2. The number of fused-ring (bicyclic) bond motifs is 1. The average molecular weight is 312 g/mol. The topological polar surface area (TPSA) is 88.1 Å². The van der Waals surface area contributed by atoms with Crippen molar-refractivity contribution in [3.8, 4) is 0 Å². The van der Waals surface area contributed by atoms with Gasteiger partial charge in [0.25, 0.3) is 0 Å². The van der Waals surface area contributed by atoms with E-state index < -0.39 is 11.4 Å². The van der Waals surface area contributed by atoms with Crippen LogP contribution in [0.5, 0.6) is 0 Å². The maximum Gasteiger partial charge on any atom is 0.317 e. The van der Waals surface area contributed by atoms with Gasteiger partial charge in [-0.25, -0.2) is 4.79 Å². The highest BCUT2D eigenvalue weighted by Crippen LogP contribution is 2.48. The Morgan fingerprint density at radius 3 is 2.95 bits per heavy atom. The number of hydrogen-bond acceptors (Lipinski definition) is 4. The smallest absolute Gasteiger partial charge is 0.317 e. The lowest BCUT2D eigenvalue weighted by atomic mass is 9.81. The number of carboxylic acid groups (broad SMARTS) is 1. The molecule has 4 atom stereocenters. The molecule has 0 bridgehead atoms. The van der Waals surface area contributed by atoms with E-state index in [0.29, 0.717) is 39.3 Å². The van der Waals surface area contributed by atoms with Crippen LogP contribution in [-0.2, 0) is 14.3 Å². The molecule has 1 saturated carbocycles. The Hall–Kier alpha value is -1.34. The molecule has 0 aromatic rings. The van der Waals surface area contributed by atoms with Gasteiger partial charge >= 0.3 is 12.0 Å². The van der Waals surface area contributed by atoms with Crippen molar-refractivity contribution < 1.29 is 24.2 Å². The quantitative estimate of drug-likeness (QED) is 0.797. The zero-order chi connectivity index (χ0) is 15.7. The predicted molar refractivity (Wildman–Crippen MR) is 77.5 cm³/mol. The lowest BCUT2D eigenvalue weighted by molar-refractivity contribution is -0.149. The molecule has 2 N–H and O–H groups in total. The Bertz CT molecular complexity index is 457. The van der Waals surface area contributed by atoms with Crippen molar-refractivity contribution >= 4 is 12.0 Å². The van der Waals surface area contributed by atoms with Crippen molar-refractivity contribution in [2.75, 3.05) is 32.9 Å². The molecule has 0 aromatic heterocycles. The summed E-state index contributed by atoms with van der Waals surface area (Å²) >= 11 is 0. The molecule has 3 rings (SSSR count). The average Bonchev–Trinajstić information content (AvgIpc) is 3.13. The highest BCUT2D eigenvalue weighted by Gasteiger charge is 2.56. The van der Waals surface area contributed by atoms with E-state index in [9.17, 15) is 14.7 Å². The fourth-order valence-electron chi connectivity index (χ4n) is 4.09. The molecule has 2 aliphatic heterocycles. The van der Waals surface area contributed by atoms with Crippen LogP contribution in [0, 0.1) is 11.3 Å². The second-order valence-corrected chi connectivity index (χ2v) is 6.52. The first kappa shape index (κ1) is 15.6. The number of carbonyl (C=O) groups excluding carboxylic acids is 1. The largest absolute Gasteiger partial charge is 0.481 e. The Morgan fingerprint density at radius 2 is 2.27 bits per heavy atom. The molecule has 0 aromatic carbocycles. The van der Waals surface area contributed by atoms with Crippen LogP contribution in [0.25, 0.3) is 0 Å². The molecule has 22 heavy (non-hydrogen) atoms. The third-order valence-electron chi connectivity index (χ3n) is 5.30. The second kappa shape index (κ2) is 6.04. The van der Waals surface area contributed by atoms with Crippen LogP contribution in [0.15, 0.2) is 0 Å². The van der Waals surface area contributed by atoms with Crippen LogP contribution in [0.2, 0.25) is 0 Å². The summed E-state index contributed by atoms with van der Waals surface area (Å²) in [5.41, 5.74) is -0.733. The molecule has 3 fully saturated rings. The minimum absolute atomic E-state index is 0.0817. The van der Waals surface area contributed by atoms with E-state index in [2.05, 4.69) is 5.32 Å². The summed E-state index contributed by atoms with van der Waals surface area (Å²) in [5, 5.41) is 12.5. The minimum atomic E-state index is -0.762. The first-order valence-corrected chi connectivity index (χ1v) is 8.05. The van der Waals surface area contributed by atoms with E-state index in [1.54, 1.807) is 4.90 Å². The van der Waals surface area contributed by atoms with Gasteiger partial charge in [0, 0.05) is 19.7 Å². The van der Waals surface area contributed by atoms with E-state index >= 15 is 0 Å². The van der Waals surface area contributed by atoms with Crippen LogP contribution in [0.4, 0.5) is 4.79 Å². The number of urea groups is 1. The van der Waals surface area contributed by atoms with Gasteiger partial charge in [0.05, 0.1) is 24.7 Å². The second-order valence-electron chi connectivity index (χ2n) is 6.52. The number of carboxylic acids is 1. The van der Waals surface area contributed by atoms with Gasteiger partial charge in [0.1, 0.15) is 6.10 Å². The molecule has 2 saturated heterocycles. The first-order valence-electron chi connectivity index (χ1n) is 8.05. The van der Waals surface area contributed by atoms with Gasteiger partial charge in [-0.3, -0.25) is 4.79 Å². The highest BCUT2D eigenvalue weighted by atomic mass is 16.5. The molecule has 0 radical (unpaired) electrons. The molecule has 2 amide bonds. The molecular weight excluding hydrogens is 288 g/mol. The normalized spacial score (nSPS) is 37.3. The molecule has 2 heterocycles. The molecule has 7 heteroatoms.